The number of carbonyl (C=O) groups excluding carboxylic acids is 1. The van der Waals surface area contributed by atoms with Crippen LogP contribution in [0.2, 0.25) is 5.02 Å². The minimum atomic E-state index is -3.65. The van der Waals surface area contributed by atoms with Gasteiger partial charge in [0.05, 0.1) is 10.6 Å². The van der Waals surface area contributed by atoms with Crippen molar-refractivity contribution in [3.8, 4) is 0 Å². The van der Waals surface area contributed by atoms with Gasteiger partial charge >= 0.3 is 0 Å². The number of aryl methyl sites for hydroxylation is 1. The quantitative estimate of drug-likeness (QED) is 0.289. The highest BCUT2D eigenvalue weighted by Crippen LogP contribution is 2.29. The van der Waals surface area contributed by atoms with Crippen molar-refractivity contribution in [1.29, 1.82) is 0 Å². The third kappa shape index (κ3) is 5.58. The molecule has 0 radical (unpaired) electrons. The van der Waals surface area contributed by atoms with E-state index >= 15 is 0 Å². The molecule has 1 N–H and O–H groups in total. The average molecular weight is 524 g/mol. The molecule has 0 spiro atoms. The number of benzene rings is 3. The normalized spacial score (nSPS) is 11.6. The van der Waals surface area contributed by atoms with Crippen LogP contribution >= 0.6 is 11.6 Å². The fourth-order valence-corrected chi connectivity index (χ4v) is 6.10. The van der Waals surface area contributed by atoms with Crippen LogP contribution in [0.25, 0.3) is 10.9 Å². The van der Waals surface area contributed by atoms with Crippen molar-refractivity contribution >= 4 is 49.6 Å². The van der Waals surface area contributed by atoms with Crippen LogP contribution < -0.4 is 10.2 Å². The standard InChI is InChI=1S/C28H30ClN3O3S/c1-4-31(5-2)23-14-15-25(20(3)16-23)30-28(33)18-32-17-27(24-8-6-7-9-26(24)32)36(34,35)19-21-10-12-22(29)13-11-21/h6-17H,4-5,18-19H2,1-3H3,(H,30,33). The van der Waals surface area contributed by atoms with Crippen molar-refractivity contribution < 1.29 is 13.2 Å². The molecule has 6 nitrogen and oxygen atoms in total. The lowest BCUT2D eigenvalue weighted by Gasteiger charge is -2.22. The van der Waals surface area contributed by atoms with E-state index in [1.165, 1.54) is 0 Å². The lowest BCUT2D eigenvalue weighted by atomic mass is 10.1. The van der Waals surface area contributed by atoms with Gasteiger partial charge in [-0.25, -0.2) is 8.42 Å². The molecule has 1 amide bonds. The number of sulfone groups is 1. The molecule has 4 aromatic rings. The minimum Gasteiger partial charge on any atom is -0.372 e. The van der Waals surface area contributed by atoms with E-state index in [1.807, 2.05) is 31.2 Å². The summed E-state index contributed by atoms with van der Waals surface area (Å²) in [6.45, 7) is 8.00. The summed E-state index contributed by atoms with van der Waals surface area (Å²) >= 11 is 5.94. The van der Waals surface area contributed by atoms with Gasteiger partial charge in [0.25, 0.3) is 0 Å². The van der Waals surface area contributed by atoms with Gasteiger partial charge in [0.1, 0.15) is 6.54 Å². The molecule has 36 heavy (non-hydrogen) atoms. The van der Waals surface area contributed by atoms with Crippen molar-refractivity contribution in [3.63, 3.8) is 0 Å². The molecule has 0 atom stereocenters. The second kappa shape index (κ2) is 10.8. The lowest BCUT2D eigenvalue weighted by molar-refractivity contribution is -0.116. The summed E-state index contributed by atoms with van der Waals surface area (Å²) in [6.07, 6.45) is 1.56. The van der Waals surface area contributed by atoms with Crippen LogP contribution in [0.15, 0.2) is 77.8 Å². The Balaban J connectivity index is 1.58. The van der Waals surface area contributed by atoms with Gasteiger partial charge in [-0.3, -0.25) is 4.79 Å². The Morgan fingerprint density at radius 2 is 1.69 bits per heavy atom. The van der Waals surface area contributed by atoms with Gasteiger partial charge in [-0.05, 0) is 68.3 Å². The highest BCUT2D eigenvalue weighted by atomic mass is 35.5. The molecule has 0 unspecified atom stereocenters. The van der Waals surface area contributed by atoms with E-state index in [4.69, 9.17) is 11.6 Å². The van der Waals surface area contributed by atoms with Crippen LogP contribution in [-0.2, 0) is 26.9 Å². The third-order valence-corrected chi connectivity index (χ3v) is 8.24. The Bertz CT molecular complexity index is 1490. The van der Waals surface area contributed by atoms with Gasteiger partial charge in [0, 0.05) is 46.6 Å². The second-order valence-corrected chi connectivity index (χ2v) is 11.1. The minimum absolute atomic E-state index is 0.00574. The maximum absolute atomic E-state index is 13.3. The van der Waals surface area contributed by atoms with Crippen molar-refractivity contribution in [2.75, 3.05) is 23.3 Å². The first-order chi connectivity index (χ1) is 17.2. The largest absolute Gasteiger partial charge is 0.372 e. The number of nitrogens with zero attached hydrogens (tertiary/aromatic N) is 2. The van der Waals surface area contributed by atoms with Gasteiger partial charge in [-0.15, -0.1) is 0 Å². The monoisotopic (exact) mass is 523 g/mol. The highest BCUT2D eigenvalue weighted by Gasteiger charge is 2.22. The number of carbonyl (C=O) groups is 1. The number of aromatic nitrogens is 1. The number of amides is 1. The van der Waals surface area contributed by atoms with Gasteiger partial charge in [-0.1, -0.05) is 41.9 Å². The first-order valence-corrected chi connectivity index (χ1v) is 14.0. The van der Waals surface area contributed by atoms with E-state index in [2.05, 4.69) is 30.1 Å². The Morgan fingerprint density at radius 1 is 1.00 bits per heavy atom. The third-order valence-electron chi connectivity index (χ3n) is 6.28. The fourth-order valence-electron chi connectivity index (χ4n) is 4.39. The molecule has 0 aliphatic carbocycles. The summed E-state index contributed by atoms with van der Waals surface area (Å²) in [5, 5.41) is 4.13. The van der Waals surface area contributed by atoms with Gasteiger partial charge < -0.3 is 14.8 Å². The van der Waals surface area contributed by atoms with E-state index < -0.39 is 9.84 Å². The molecule has 0 bridgehead atoms. The molecule has 1 aromatic heterocycles. The number of anilines is 2. The summed E-state index contributed by atoms with van der Waals surface area (Å²) in [4.78, 5) is 15.4. The van der Waals surface area contributed by atoms with Crippen molar-refractivity contribution in [2.45, 2.75) is 38.0 Å². The molecule has 0 saturated carbocycles. The molecule has 8 heteroatoms. The first kappa shape index (κ1) is 25.8. The van der Waals surface area contributed by atoms with E-state index in [1.54, 1.807) is 47.2 Å². The summed E-state index contributed by atoms with van der Waals surface area (Å²) in [7, 11) is -3.65. The van der Waals surface area contributed by atoms with Crippen molar-refractivity contribution in [2.24, 2.45) is 0 Å². The molecule has 0 aliphatic rings. The van der Waals surface area contributed by atoms with Gasteiger partial charge in [0.15, 0.2) is 9.84 Å². The molecule has 0 aliphatic heterocycles. The highest BCUT2D eigenvalue weighted by molar-refractivity contribution is 7.90. The predicted molar refractivity (Wildman–Crippen MR) is 148 cm³/mol. The Hall–Kier alpha value is -3.29. The molecule has 0 saturated heterocycles. The van der Waals surface area contributed by atoms with Crippen LogP contribution in [0.1, 0.15) is 25.0 Å². The van der Waals surface area contributed by atoms with Crippen LogP contribution in [0.3, 0.4) is 0 Å². The maximum Gasteiger partial charge on any atom is 0.244 e. The zero-order chi connectivity index (χ0) is 25.9. The summed E-state index contributed by atoms with van der Waals surface area (Å²) in [5.74, 6) is -0.376. The van der Waals surface area contributed by atoms with E-state index in [0.29, 0.717) is 21.5 Å². The van der Waals surface area contributed by atoms with E-state index in [0.717, 1.165) is 30.0 Å². The van der Waals surface area contributed by atoms with Gasteiger partial charge in [-0.2, -0.15) is 0 Å². The van der Waals surface area contributed by atoms with Crippen molar-refractivity contribution in [3.05, 3.63) is 89.1 Å². The molecular formula is C28H30ClN3O3S. The Labute approximate surface area is 217 Å². The second-order valence-electron chi connectivity index (χ2n) is 8.74. The topological polar surface area (TPSA) is 71.4 Å². The number of fused-ring (bicyclic) bond motifs is 1. The Morgan fingerprint density at radius 3 is 2.36 bits per heavy atom. The summed E-state index contributed by atoms with van der Waals surface area (Å²) in [5.41, 5.74) is 4.16. The number of halogens is 1. The van der Waals surface area contributed by atoms with E-state index in [-0.39, 0.29) is 23.1 Å². The van der Waals surface area contributed by atoms with Crippen LogP contribution in [0, 0.1) is 6.92 Å². The number of hydrogen-bond acceptors (Lipinski definition) is 4. The zero-order valence-corrected chi connectivity index (χ0v) is 22.2. The zero-order valence-electron chi connectivity index (χ0n) is 20.7. The number of para-hydroxylation sites is 1. The molecule has 188 valence electrons. The lowest BCUT2D eigenvalue weighted by Crippen LogP contribution is -2.22. The number of rotatable bonds is 9. The predicted octanol–water partition coefficient (Wildman–Crippen LogP) is 6.06. The van der Waals surface area contributed by atoms with Crippen molar-refractivity contribution in [1.82, 2.24) is 4.57 Å². The van der Waals surface area contributed by atoms with E-state index in [9.17, 15) is 13.2 Å². The summed E-state index contributed by atoms with van der Waals surface area (Å²) in [6, 6.07) is 20.0. The average Bonchev–Trinajstić information content (AvgIpc) is 3.22. The fraction of sp³-hybridized carbons (Fsp3) is 0.250. The number of hydrogen-bond donors (Lipinski definition) is 1. The van der Waals surface area contributed by atoms with Gasteiger partial charge in [0.2, 0.25) is 5.91 Å². The summed E-state index contributed by atoms with van der Waals surface area (Å²) < 4.78 is 28.3. The number of nitrogens with one attached hydrogen (secondary N) is 1. The maximum atomic E-state index is 13.3. The molecule has 4 rings (SSSR count). The SMILES string of the molecule is CCN(CC)c1ccc(NC(=O)Cn2cc(S(=O)(=O)Cc3ccc(Cl)cc3)c3ccccc32)c(C)c1. The van der Waals surface area contributed by atoms with Crippen LogP contribution in [0.5, 0.6) is 0 Å². The molecule has 0 fully saturated rings. The molecule has 1 heterocycles. The molecule has 3 aromatic carbocycles. The molecular weight excluding hydrogens is 494 g/mol. The smallest absolute Gasteiger partial charge is 0.244 e. The first-order valence-electron chi connectivity index (χ1n) is 11.9. The van der Waals surface area contributed by atoms with Crippen LogP contribution in [0.4, 0.5) is 11.4 Å². The Kier molecular flexibility index (Phi) is 7.71. The van der Waals surface area contributed by atoms with Crippen LogP contribution in [-0.4, -0.2) is 32.0 Å².